The van der Waals surface area contributed by atoms with Gasteiger partial charge in [0.2, 0.25) is 0 Å². The standard InChI is InChI=1S/C28H24N6O2/c1-19-25(27(35)33(31-19)23-12-5-3-6-13-23)17-29-21-10-9-11-22(16-21)30-18-26-20(2)32-34(28(26)36)24-14-7-4-8-15-24/h3-18,31-32H,1-2H3. The molecule has 2 heterocycles. The zero-order valence-corrected chi connectivity index (χ0v) is 19.8. The number of aromatic nitrogens is 4. The Kier molecular flexibility index (Phi) is 6.15. The fraction of sp³-hybridized carbons (Fsp3) is 0.0714. The Hall–Kier alpha value is -4.98. The number of aromatic amines is 2. The van der Waals surface area contributed by atoms with Gasteiger partial charge in [-0.2, -0.15) is 0 Å². The zero-order chi connectivity index (χ0) is 25.1. The van der Waals surface area contributed by atoms with E-state index in [1.165, 1.54) is 9.36 Å². The summed E-state index contributed by atoms with van der Waals surface area (Å²) in [4.78, 5) is 34.8. The molecule has 8 nitrogen and oxygen atoms in total. The highest BCUT2D eigenvalue weighted by atomic mass is 16.1. The predicted molar refractivity (Wildman–Crippen MR) is 143 cm³/mol. The lowest BCUT2D eigenvalue weighted by Gasteiger charge is -1.99. The van der Waals surface area contributed by atoms with Crippen molar-refractivity contribution in [3.8, 4) is 11.4 Å². The molecule has 0 unspecified atom stereocenters. The van der Waals surface area contributed by atoms with Crippen LogP contribution in [0.1, 0.15) is 22.5 Å². The van der Waals surface area contributed by atoms with E-state index in [0.29, 0.717) is 22.5 Å². The SMILES string of the molecule is Cc1[nH]n(-c2ccccc2)c(=O)c1C=Nc1cccc(N=Cc2c(C)[nH]n(-c3ccccc3)c2=O)c1. The molecule has 0 aliphatic carbocycles. The van der Waals surface area contributed by atoms with Gasteiger partial charge in [0.1, 0.15) is 0 Å². The molecule has 0 radical (unpaired) electrons. The number of para-hydroxylation sites is 2. The highest BCUT2D eigenvalue weighted by Gasteiger charge is 2.11. The molecule has 3 aromatic carbocycles. The maximum Gasteiger partial charge on any atom is 0.280 e. The van der Waals surface area contributed by atoms with Gasteiger partial charge < -0.3 is 0 Å². The summed E-state index contributed by atoms with van der Waals surface area (Å²) in [5, 5.41) is 6.19. The molecule has 178 valence electrons. The largest absolute Gasteiger partial charge is 0.295 e. The van der Waals surface area contributed by atoms with Crippen molar-refractivity contribution in [1.29, 1.82) is 0 Å². The number of aryl methyl sites for hydroxylation is 2. The van der Waals surface area contributed by atoms with Crippen LogP contribution in [0.5, 0.6) is 0 Å². The molecule has 0 atom stereocenters. The molecule has 5 aromatic rings. The van der Waals surface area contributed by atoms with Gasteiger partial charge in [0.15, 0.2) is 0 Å². The lowest BCUT2D eigenvalue weighted by Crippen LogP contribution is -2.17. The van der Waals surface area contributed by atoms with E-state index < -0.39 is 0 Å². The van der Waals surface area contributed by atoms with E-state index in [4.69, 9.17) is 0 Å². The maximum absolute atomic E-state index is 12.9. The summed E-state index contributed by atoms with van der Waals surface area (Å²) >= 11 is 0. The second kappa shape index (κ2) is 9.71. The van der Waals surface area contributed by atoms with Crippen molar-refractivity contribution < 1.29 is 0 Å². The van der Waals surface area contributed by atoms with Gasteiger partial charge in [-0.3, -0.25) is 29.8 Å². The highest BCUT2D eigenvalue weighted by Crippen LogP contribution is 2.20. The third-order valence-electron chi connectivity index (χ3n) is 5.78. The Bertz CT molecular complexity index is 1560. The van der Waals surface area contributed by atoms with Crippen LogP contribution in [0.3, 0.4) is 0 Å². The van der Waals surface area contributed by atoms with Crippen molar-refractivity contribution >= 4 is 23.8 Å². The van der Waals surface area contributed by atoms with Crippen LogP contribution in [-0.4, -0.2) is 32.0 Å². The average molecular weight is 477 g/mol. The minimum absolute atomic E-state index is 0.172. The molecule has 0 spiro atoms. The molecule has 2 N–H and O–H groups in total. The van der Waals surface area contributed by atoms with Crippen LogP contribution >= 0.6 is 0 Å². The van der Waals surface area contributed by atoms with E-state index in [9.17, 15) is 9.59 Å². The Balaban J connectivity index is 1.39. The highest BCUT2D eigenvalue weighted by molar-refractivity contribution is 5.85. The molecule has 0 fully saturated rings. The first-order valence-corrected chi connectivity index (χ1v) is 11.4. The summed E-state index contributed by atoms with van der Waals surface area (Å²) in [5.41, 5.74) is 4.87. The van der Waals surface area contributed by atoms with Gasteiger partial charge >= 0.3 is 0 Å². The van der Waals surface area contributed by atoms with Crippen molar-refractivity contribution in [2.75, 3.05) is 0 Å². The normalized spacial score (nSPS) is 11.6. The minimum atomic E-state index is -0.172. The van der Waals surface area contributed by atoms with Gasteiger partial charge in [-0.25, -0.2) is 9.36 Å². The Morgan fingerprint density at radius 2 is 1.03 bits per heavy atom. The molecule has 0 aliphatic heterocycles. The fourth-order valence-electron chi connectivity index (χ4n) is 3.87. The quantitative estimate of drug-likeness (QED) is 0.345. The number of nitrogens with one attached hydrogen (secondary N) is 2. The third-order valence-corrected chi connectivity index (χ3v) is 5.78. The monoisotopic (exact) mass is 476 g/mol. The third kappa shape index (κ3) is 4.52. The van der Waals surface area contributed by atoms with Crippen LogP contribution < -0.4 is 11.1 Å². The Labute approximate surface area is 206 Å². The van der Waals surface area contributed by atoms with Gasteiger partial charge in [-0.1, -0.05) is 42.5 Å². The number of aliphatic imine (C=N–C) groups is 2. The summed E-state index contributed by atoms with van der Waals surface area (Å²) in [7, 11) is 0. The van der Waals surface area contributed by atoms with Crippen molar-refractivity contribution in [3.05, 3.63) is 128 Å². The molecule has 0 saturated heterocycles. The van der Waals surface area contributed by atoms with E-state index in [1.54, 1.807) is 18.5 Å². The van der Waals surface area contributed by atoms with Crippen LogP contribution in [-0.2, 0) is 0 Å². The average Bonchev–Trinajstić information content (AvgIpc) is 3.36. The van der Waals surface area contributed by atoms with Crippen molar-refractivity contribution in [1.82, 2.24) is 19.6 Å². The molecule has 5 rings (SSSR count). The van der Waals surface area contributed by atoms with Crippen LogP contribution in [0.2, 0.25) is 0 Å². The summed E-state index contributed by atoms with van der Waals surface area (Å²) in [6, 6.07) is 26.1. The molecular formula is C28H24N6O2. The molecule has 8 heteroatoms. The van der Waals surface area contributed by atoms with Crippen LogP contribution in [0.4, 0.5) is 11.4 Å². The number of nitrogens with zero attached hydrogens (tertiary/aromatic N) is 4. The number of benzene rings is 3. The van der Waals surface area contributed by atoms with Crippen molar-refractivity contribution in [2.24, 2.45) is 9.98 Å². The van der Waals surface area contributed by atoms with Gasteiger partial charge in [0.25, 0.3) is 11.1 Å². The second-order valence-electron chi connectivity index (χ2n) is 8.29. The zero-order valence-electron chi connectivity index (χ0n) is 19.8. The van der Waals surface area contributed by atoms with Gasteiger partial charge in [-0.05, 0) is 56.3 Å². The molecule has 0 aliphatic rings. The summed E-state index contributed by atoms with van der Waals surface area (Å²) < 4.78 is 3.00. The number of hydrogen-bond acceptors (Lipinski definition) is 4. The lowest BCUT2D eigenvalue weighted by molar-refractivity contribution is 0.835. The van der Waals surface area contributed by atoms with Gasteiger partial charge in [0, 0.05) is 23.8 Å². The molecule has 0 saturated carbocycles. The smallest absolute Gasteiger partial charge is 0.280 e. The van der Waals surface area contributed by atoms with E-state index in [2.05, 4.69) is 20.2 Å². The topological polar surface area (TPSA) is 100 Å². The first-order chi connectivity index (χ1) is 17.5. The molecule has 36 heavy (non-hydrogen) atoms. The number of rotatable bonds is 6. The Morgan fingerprint density at radius 1 is 0.611 bits per heavy atom. The predicted octanol–water partition coefficient (Wildman–Crippen LogP) is 4.76. The summed E-state index contributed by atoms with van der Waals surface area (Å²) in [6.07, 6.45) is 3.12. The molecule has 0 amide bonds. The van der Waals surface area contributed by atoms with Gasteiger partial charge in [0.05, 0.1) is 33.9 Å². The number of H-pyrrole nitrogens is 2. The van der Waals surface area contributed by atoms with Crippen LogP contribution in [0.25, 0.3) is 11.4 Å². The first-order valence-electron chi connectivity index (χ1n) is 11.4. The van der Waals surface area contributed by atoms with Gasteiger partial charge in [-0.15, -0.1) is 0 Å². The maximum atomic E-state index is 12.9. The number of hydrogen-bond donors (Lipinski definition) is 2. The molecular weight excluding hydrogens is 452 g/mol. The Morgan fingerprint density at radius 3 is 1.44 bits per heavy atom. The fourth-order valence-corrected chi connectivity index (χ4v) is 3.87. The van der Waals surface area contributed by atoms with E-state index >= 15 is 0 Å². The summed E-state index contributed by atoms with van der Waals surface area (Å²) in [5.74, 6) is 0. The summed E-state index contributed by atoms with van der Waals surface area (Å²) in [6.45, 7) is 3.68. The first kappa shape index (κ1) is 22.8. The minimum Gasteiger partial charge on any atom is -0.295 e. The van der Waals surface area contributed by atoms with E-state index in [0.717, 1.165) is 22.8 Å². The lowest BCUT2D eigenvalue weighted by atomic mass is 10.2. The van der Waals surface area contributed by atoms with E-state index in [-0.39, 0.29) is 11.1 Å². The van der Waals surface area contributed by atoms with Crippen LogP contribution in [0, 0.1) is 13.8 Å². The van der Waals surface area contributed by atoms with Crippen LogP contribution in [0.15, 0.2) is 105 Å². The second-order valence-corrected chi connectivity index (χ2v) is 8.29. The van der Waals surface area contributed by atoms with E-state index in [1.807, 2.05) is 92.7 Å². The van der Waals surface area contributed by atoms with Crippen molar-refractivity contribution in [2.45, 2.75) is 13.8 Å². The molecule has 2 aromatic heterocycles. The van der Waals surface area contributed by atoms with Crippen molar-refractivity contribution in [3.63, 3.8) is 0 Å². The molecule has 0 bridgehead atoms.